The molecule has 1 aliphatic rings. The molecule has 4 nitrogen and oxygen atoms in total. The molecule has 7 heteroatoms. The van der Waals surface area contributed by atoms with Gasteiger partial charge in [0.25, 0.3) is 11.8 Å². The van der Waals surface area contributed by atoms with E-state index in [1.165, 1.54) is 0 Å². The highest BCUT2D eigenvalue weighted by Gasteiger charge is 2.34. The van der Waals surface area contributed by atoms with E-state index in [2.05, 4.69) is 4.98 Å². The van der Waals surface area contributed by atoms with Crippen molar-refractivity contribution in [2.75, 3.05) is 26.3 Å². The molecule has 1 fully saturated rings. The highest BCUT2D eigenvalue weighted by Crippen LogP contribution is 2.38. The summed E-state index contributed by atoms with van der Waals surface area (Å²) < 4.78 is 33.3. The molecule has 0 atom stereocenters. The summed E-state index contributed by atoms with van der Waals surface area (Å²) in [5.41, 5.74) is 1.47. The van der Waals surface area contributed by atoms with Crippen molar-refractivity contribution in [1.82, 2.24) is 9.88 Å². The van der Waals surface area contributed by atoms with Crippen molar-refractivity contribution < 1.29 is 18.3 Å². The number of halogens is 3. The van der Waals surface area contributed by atoms with Gasteiger partial charge in [0, 0.05) is 30.6 Å². The molecular formula is C18H19ClF2N2O2. The maximum absolute atomic E-state index is 14.0. The molecule has 2 heterocycles. The van der Waals surface area contributed by atoms with Crippen LogP contribution in [0.1, 0.15) is 28.7 Å². The molecule has 3 rings (SSSR count). The van der Waals surface area contributed by atoms with Crippen LogP contribution in [0.3, 0.4) is 0 Å². The summed E-state index contributed by atoms with van der Waals surface area (Å²) in [5, 5.41) is 0.541. The van der Waals surface area contributed by atoms with Crippen LogP contribution in [0.15, 0.2) is 24.3 Å². The standard InChI is InChI=1S/C18H19ClF2N2O2/c1-11-14(12-3-5-13(19)6-4-12)15(22-16(11)18(2,20)21)17(24)23-7-9-25-10-8-23/h3-6,22H,7-10H2,1-2H3. The third kappa shape index (κ3) is 3.55. The molecule has 1 aromatic carbocycles. The molecule has 0 aliphatic carbocycles. The Labute approximate surface area is 149 Å². The third-order valence-corrected chi connectivity index (χ3v) is 4.59. The second-order valence-electron chi connectivity index (χ2n) is 6.17. The van der Waals surface area contributed by atoms with Crippen molar-refractivity contribution >= 4 is 17.5 Å². The van der Waals surface area contributed by atoms with Crippen molar-refractivity contribution in [3.63, 3.8) is 0 Å². The molecule has 1 aromatic heterocycles. The number of carbonyl (C=O) groups is 1. The third-order valence-electron chi connectivity index (χ3n) is 4.33. The Morgan fingerprint density at radius 2 is 1.84 bits per heavy atom. The Balaban J connectivity index is 2.12. The average Bonchev–Trinajstić information content (AvgIpc) is 2.93. The van der Waals surface area contributed by atoms with Gasteiger partial charge in [0.15, 0.2) is 0 Å². The van der Waals surface area contributed by atoms with Gasteiger partial charge < -0.3 is 14.6 Å². The lowest BCUT2D eigenvalue weighted by molar-refractivity contribution is 0.0123. The molecule has 0 bridgehead atoms. The van der Waals surface area contributed by atoms with E-state index in [0.29, 0.717) is 48.0 Å². The Hall–Kier alpha value is -1.92. The zero-order valence-corrected chi connectivity index (χ0v) is 14.8. The molecule has 1 N–H and O–H groups in total. The van der Waals surface area contributed by atoms with Crippen LogP contribution in [0, 0.1) is 6.92 Å². The fourth-order valence-electron chi connectivity index (χ4n) is 3.10. The van der Waals surface area contributed by atoms with Crippen molar-refractivity contribution in [3.8, 4) is 11.1 Å². The number of H-pyrrole nitrogens is 1. The molecule has 0 radical (unpaired) electrons. The van der Waals surface area contributed by atoms with E-state index in [1.807, 2.05) is 0 Å². The van der Waals surface area contributed by atoms with Gasteiger partial charge in [-0.25, -0.2) is 8.78 Å². The average molecular weight is 369 g/mol. The molecule has 1 saturated heterocycles. The first-order valence-corrected chi connectivity index (χ1v) is 8.40. The predicted octanol–water partition coefficient (Wildman–Crippen LogP) is 4.23. The second-order valence-corrected chi connectivity index (χ2v) is 6.61. The van der Waals surface area contributed by atoms with Crippen molar-refractivity contribution in [1.29, 1.82) is 0 Å². The van der Waals surface area contributed by atoms with Crippen LogP contribution in [0.2, 0.25) is 5.02 Å². The number of aromatic amines is 1. The monoisotopic (exact) mass is 368 g/mol. The van der Waals surface area contributed by atoms with E-state index < -0.39 is 5.92 Å². The SMILES string of the molecule is Cc1c(C(C)(F)F)[nH]c(C(=O)N2CCOCC2)c1-c1ccc(Cl)cc1. The number of rotatable bonds is 3. The van der Waals surface area contributed by atoms with Crippen molar-refractivity contribution in [3.05, 3.63) is 46.2 Å². The Morgan fingerprint density at radius 3 is 2.40 bits per heavy atom. The number of carbonyl (C=O) groups excluding carboxylic acids is 1. The molecule has 0 unspecified atom stereocenters. The number of alkyl halides is 2. The minimum absolute atomic E-state index is 0.179. The first-order valence-electron chi connectivity index (χ1n) is 8.03. The zero-order valence-electron chi connectivity index (χ0n) is 14.0. The summed E-state index contributed by atoms with van der Waals surface area (Å²) in [6.45, 7) is 4.18. The number of aromatic nitrogens is 1. The minimum atomic E-state index is -3.07. The van der Waals surface area contributed by atoms with E-state index in [4.69, 9.17) is 16.3 Å². The summed E-state index contributed by atoms with van der Waals surface area (Å²) >= 11 is 5.92. The lowest BCUT2D eigenvalue weighted by atomic mass is 9.99. The van der Waals surface area contributed by atoms with Crippen molar-refractivity contribution in [2.24, 2.45) is 0 Å². The number of morpholine rings is 1. The summed E-state index contributed by atoms with van der Waals surface area (Å²) in [5.74, 6) is -3.37. The number of amides is 1. The van der Waals surface area contributed by atoms with E-state index in [1.54, 1.807) is 36.1 Å². The smallest absolute Gasteiger partial charge is 0.285 e. The number of nitrogens with zero attached hydrogens (tertiary/aromatic N) is 1. The molecule has 1 aliphatic heterocycles. The van der Waals surface area contributed by atoms with Crippen LogP contribution in [0.25, 0.3) is 11.1 Å². The van der Waals surface area contributed by atoms with Gasteiger partial charge in [0.2, 0.25) is 0 Å². The minimum Gasteiger partial charge on any atom is -0.378 e. The fourth-order valence-corrected chi connectivity index (χ4v) is 3.22. The van der Waals surface area contributed by atoms with Crippen LogP contribution in [0.5, 0.6) is 0 Å². The van der Waals surface area contributed by atoms with Crippen molar-refractivity contribution in [2.45, 2.75) is 19.8 Å². The van der Waals surface area contributed by atoms with Gasteiger partial charge in [0.05, 0.1) is 18.9 Å². The molecule has 25 heavy (non-hydrogen) atoms. The zero-order chi connectivity index (χ0) is 18.2. The lowest BCUT2D eigenvalue weighted by Gasteiger charge is -2.26. The van der Waals surface area contributed by atoms with Gasteiger partial charge >= 0.3 is 0 Å². The van der Waals surface area contributed by atoms with Crippen LogP contribution in [-0.4, -0.2) is 42.1 Å². The summed E-state index contributed by atoms with van der Waals surface area (Å²) in [4.78, 5) is 17.2. The summed E-state index contributed by atoms with van der Waals surface area (Å²) in [6.07, 6.45) is 0. The van der Waals surface area contributed by atoms with Gasteiger partial charge in [-0.3, -0.25) is 4.79 Å². The highest BCUT2D eigenvalue weighted by atomic mass is 35.5. The first-order chi connectivity index (χ1) is 11.8. The molecule has 1 amide bonds. The first kappa shape index (κ1) is 17.9. The maximum Gasteiger partial charge on any atom is 0.285 e. The normalized spacial score (nSPS) is 15.5. The number of nitrogens with one attached hydrogen (secondary N) is 1. The van der Waals surface area contributed by atoms with Gasteiger partial charge in [-0.15, -0.1) is 0 Å². The van der Waals surface area contributed by atoms with Crippen LogP contribution < -0.4 is 0 Å². The number of hydrogen-bond donors (Lipinski definition) is 1. The van der Waals surface area contributed by atoms with Gasteiger partial charge in [0.1, 0.15) is 5.69 Å². The summed E-state index contributed by atoms with van der Waals surface area (Å²) in [7, 11) is 0. The van der Waals surface area contributed by atoms with Gasteiger partial charge in [-0.05, 0) is 30.2 Å². The molecule has 0 saturated carbocycles. The van der Waals surface area contributed by atoms with Crippen LogP contribution in [-0.2, 0) is 10.7 Å². The summed E-state index contributed by atoms with van der Waals surface area (Å²) in [6, 6.07) is 6.81. The Bertz CT molecular complexity index is 776. The highest BCUT2D eigenvalue weighted by molar-refractivity contribution is 6.30. The Kier molecular flexibility index (Phi) is 4.84. The van der Waals surface area contributed by atoms with E-state index >= 15 is 0 Å². The number of hydrogen-bond acceptors (Lipinski definition) is 2. The van der Waals surface area contributed by atoms with E-state index in [-0.39, 0.29) is 17.3 Å². The largest absolute Gasteiger partial charge is 0.378 e. The Morgan fingerprint density at radius 1 is 1.24 bits per heavy atom. The van der Waals surface area contributed by atoms with Gasteiger partial charge in [-0.2, -0.15) is 0 Å². The van der Waals surface area contributed by atoms with E-state index in [0.717, 1.165) is 6.92 Å². The quantitative estimate of drug-likeness (QED) is 0.881. The van der Waals surface area contributed by atoms with Crippen LogP contribution in [0.4, 0.5) is 8.78 Å². The number of ether oxygens (including phenoxy) is 1. The lowest BCUT2D eigenvalue weighted by Crippen LogP contribution is -2.41. The molecular weight excluding hydrogens is 350 g/mol. The molecule has 0 spiro atoms. The molecule has 2 aromatic rings. The maximum atomic E-state index is 14.0. The van der Waals surface area contributed by atoms with Crippen LogP contribution >= 0.6 is 11.6 Å². The molecule has 134 valence electrons. The predicted molar refractivity (Wildman–Crippen MR) is 92.3 cm³/mol. The second kappa shape index (κ2) is 6.77. The van der Waals surface area contributed by atoms with E-state index in [9.17, 15) is 13.6 Å². The topological polar surface area (TPSA) is 45.3 Å². The van der Waals surface area contributed by atoms with Gasteiger partial charge in [-0.1, -0.05) is 23.7 Å². The fraction of sp³-hybridized carbons (Fsp3) is 0.389. The number of benzene rings is 1.